The highest BCUT2D eigenvalue weighted by Gasteiger charge is 2.26. The summed E-state index contributed by atoms with van der Waals surface area (Å²) in [5, 5.41) is 2.65. The van der Waals surface area contributed by atoms with Crippen LogP contribution in [0.5, 0.6) is 11.5 Å². The zero-order valence-corrected chi connectivity index (χ0v) is 20.5. The topological polar surface area (TPSA) is 111 Å². The molecule has 9 nitrogen and oxygen atoms in total. The van der Waals surface area contributed by atoms with Crippen LogP contribution in [0, 0.1) is 6.92 Å². The third kappa shape index (κ3) is 6.02. The van der Waals surface area contributed by atoms with E-state index in [1.165, 1.54) is 37.6 Å². The van der Waals surface area contributed by atoms with Crippen LogP contribution in [0.25, 0.3) is 0 Å². The van der Waals surface area contributed by atoms with Crippen molar-refractivity contribution in [2.24, 2.45) is 0 Å². The molecule has 1 N–H and O–H groups in total. The Morgan fingerprint density at radius 1 is 1.03 bits per heavy atom. The maximum Gasteiger partial charge on any atom is 0.339 e. The highest BCUT2D eigenvalue weighted by molar-refractivity contribution is 7.89. The molecule has 0 aliphatic heterocycles. The number of sulfonamides is 1. The van der Waals surface area contributed by atoms with Crippen LogP contribution in [0.2, 0.25) is 0 Å². The number of methoxy groups -OCH3 is 2. The Kier molecular flexibility index (Phi) is 8.84. The molecule has 2 aromatic rings. The lowest BCUT2D eigenvalue weighted by Gasteiger charge is -2.19. The van der Waals surface area contributed by atoms with Gasteiger partial charge in [0.1, 0.15) is 11.5 Å². The molecule has 0 heterocycles. The maximum absolute atomic E-state index is 12.8. The molecule has 1 atom stereocenters. The Balaban J connectivity index is 2.22. The molecule has 0 spiro atoms. The first kappa shape index (κ1) is 26.1. The van der Waals surface area contributed by atoms with Gasteiger partial charge in [-0.3, -0.25) is 4.79 Å². The molecule has 0 fully saturated rings. The Morgan fingerprint density at radius 3 is 2.27 bits per heavy atom. The van der Waals surface area contributed by atoms with Crippen LogP contribution >= 0.6 is 0 Å². The molecule has 0 aromatic heterocycles. The van der Waals surface area contributed by atoms with E-state index in [9.17, 15) is 18.0 Å². The second-order valence-corrected chi connectivity index (χ2v) is 9.11. The second kappa shape index (κ2) is 11.2. The third-order valence-corrected chi connectivity index (χ3v) is 7.14. The van der Waals surface area contributed by atoms with Gasteiger partial charge >= 0.3 is 5.97 Å². The summed E-state index contributed by atoms with van der Waals surface area (Å²) in [5.74, 6) is -0.464. The zero-order chi connectivity index (χ0) is 24.8. The Hall–Kier alpha value is -3.11. The van der Waals surface area contributed by atoms with Crippen LogP contribution < -0.4 is 14.8 Å². The number of anilines is 1. The van der Waals surface area contributed by atoms with E-state index in [0.717, 1.165) is 0 Å². The molecule has 2 aromatic carbocycles. The van der Waals surface area contributed by atoms with E-state index in [-0.39, 0.29) is 10.5 Å². The van der Waals surface area contributed by atoms with Crippen LogP contribution in [0.15, 0.2) is 41.3 Å². The number of carbonyl (C=O) groups excluding carboxylic acids is 2. The fourth-order valence-corrected chi connectivity index (χ4v) is 4.60. The van der Waals surface area contributed by atoms with E-state index in [1.807, 2.05) is 0 Å². The van der Waals surface area contributed by atoms with Crippen molar-refractivity contribution in [2.75, 3.05) is 32.6 Å². The molecule has 1 amide bonds. The summed E-state index contributed by atoms with van der Waals surface area (Å²) in [7, 11) is -0.797. The lowest BCUT2D eigenvalue weighted by Crippen LogP contribution is -2.31. The summed E-state index contributed by atoms with van der Waals surface area (Å²) >= 11 is 0. The van der Waals surface area contributed by atoms with Gasteiger partial charge < -0.3 is 19.5 Å². The van der Waals surface area contributed by atoms with Crippen LogP contribution in [0.4, 0.5) is 5.69 Å². The summed E-state index contributed by atoms with van der Waals surface area (Å²) in [6.45, 7) is 7.17. The van der Waals surface area contributed by atoms with Gasteiger partial charge in [-0.1, -0.05) is 19.9 Å². The minimum atomic E-state index is -3.75. The van der Waals surface area contributed by atoms with E-state index in [0.29, 0.717) is 35.8 Å². The van der Waals surface area contributed by atoms with Crippen molar-refractivity contribution in [3.05, 3.63) is 47.5 Å². The molecule has 0 saturated heterocycles. The predicted octanol–water partition coefficient (Wildman–Crippen LogP) is 3.23. The Labute approximate surface area is 194 Å². The average molecular weight is 479 g/mol. The van der Waals surface area contributed by atoms with Gasteiger partial charge in [-0.05, 0) is 43.7 Å². The molecule has 0 saturated carbocycles. The fraction of sp³-hybridized carbons (Fsp3) is 0.391. The summed E-state index contributed by atoms with van der Waals surface area (Å²) in [4.78, 5) is 25.4. The number of nitrogens with zero attached hydrogens (tertiary/aromatic N) is 1. The molecule has 33 heavy (non-hydrogen) atoms. The lowest BCUT2D eigenvalue weighted by molar-refractivity contribution is -0.123. The van der Waals surface area contributed by atoms with Crippen LogP contribution in [-0.2, 0) is 19.6 Å². The van der Waals surface area contributed by atoms with Gasteiger partial charge in [0.25, 0.3) is 5.91 Å². The number of esters is 1. The van der Waals surface area contributed by atoms with E-state index >= 15 is 0 Å². The SMILES string of the molecule is CCN(CC)S(=O)(=O)c1ccc(C)c(C(=O)OC(C)C(=O)Nc2cc(OC)ccc2OC)c1. The van der Waals surface area contributed by atoms with Crippen molar-refractivity contribution in [3.63, 3.8) is 0 Å². The van der Waals surface area contributed by atoms with Gasteiger partial charge in [-0.15, -0.1) is 0 Å². The van der Waals surface area contributed by atoms with Crippen LogP contribution in [0.1, 0.15) is 36.7 Å². The minimum absolute atomic E-state index is 0.0121. The first-order valence-electron chi connectivity index (χ1n) is 10.4. The Morgan fingerprint density at radius 2 is 1.70 bits per heavy atom. The summed E-state index contributed by atoms with van der Waals surface area (Å²) < 4.78 is 42.6. The Bertz CT molecular complexity index is 1110. The molecule has 180 valence electrons. The number of rotatable bonds is 10. The summed E-state index contributed by atoms with van der Waals surface area (Å²) in [5.41, 5.74) is 0.954. The fourth-order valence-electron chi connectivity index (χ4n) is 3.12. The maximum atomic E-state index is 12.8. The monoisotopic (exact) mass is 478 g/mol. The van der Waals surface area contributed by atoms with Gasteiger partial charge in [0.15, 0.2) is 6.10 Å². The lowest BCUT2D eigenvalue weighted by atomic mass is 10.1. The van der Waals surface area contributed by atoms with Crippen molar-refractivity contribution in [1.82, 2.24) is 4.31 Å². The second-order valence-electron chi connectivity index (χ2n) is 7.17. The molecule has 1 unspecified atom stereocenters. The minimum Gasteiger partial charge on any atom is -0.497 e. The highest BCUT2D eigenvalue weighted by Crippen LogP contribution is 2.29. The number of hydrogen-bond acceptors (Lipinski definition) is 7. The first-order chi connectivity index (χ1) is 15.6. The third-order valence-electron chi connectivity index (χ3n) is 5.09. The predicted molar refractivity (Wildman–Crippen MR) is 124 cm³/mol. The van der Waals surface area contributed by atoms with Crippen LogP contribution in [-0.4, -0.2) is 58.0 Å². The molecule has 0 bridgehead atoms. The van der Waals surface area contributed by atoms with E-state index in [1.54, 1.807) is 45.0 Å². The smallest absolute Gasteiger partial charge is 0.339 e. The van der Waals surface area contributed by atoms with Gasteiger partial charge in [-0.25, -0.2) is 13.2 Å². The van der Waals surface area contributed by atoms with E-state index in [4.69, 9.17) is 14.2 Å². The molecule has 0 radical (unpaired) electrons. The molecule has 0 aliphatic carbocycles. The van der Waals surface area contributed by atoms with Crippen molar-refractivity contribution < 1.29 is 32.2 Å². The number of carbonyl (C=O) groups is 2. The molecular formula is C23H30N2O7S. The molecule has 0 aliphatic rings. The number of amides is 1. The van der Waals surface area contributed by atoms with Crippen LogP contribution in [0.3, 0.4) is 0 Å². The summed E-state index contributed by atoms with van der Waals surface area (Å²) in [6.07, 6.45) is -1.16. The van der Waals surface area contributed by atoms with Gasteiger partial charge in [-0.2, -0.15) is 4.31 Å². The van der Waals surface area contributed by atoms with Gasteiger partial charge in [0.05, 0.1) is 30.4 Å². The molecule has 2 rings (SSSR count). The number of nitrogens with one attached hydrogen (secondary N) is 1. The molecular weight excluding hydrogens is 448 g/mol. The first-order valence-corrected chi connectivity index (χ1v) is 11.9. The zero-order valence-electron chi connectivity index (χ0n) is 19.7. The number of ether oxygens (including phenoxy) is 3. The van der Waals surface area contributed by atoms with Gasteiger partial charge in [0, 0.05) is 19.2 Å². The normalized spacial score (nSPS) is 12.2. The standard InChI is InChI=1S/C23H30N2O7S/c1-7-25(8-2)33(28,29)18-11-9-15(3)19(14-18)23(27)32-16(4)22(26)24-20-13-17(30-5)10-12-21(20)31-6/h9-14,16H,7-8H2,1-6H3,(H,24,26). The number of hydrogen-bond donors (Lipinski definition) is 1. The number of aryl methyl sites for hydroxylation is 1. The quantitative estimate of drug-likeness (QED) is 0.522. The number of benzene rings is 2. The van der Waals surface area contributed by atoms with Crippen molar-refractivity contribution in [3.8, 4) is 11.5 Å². The van der Waals surface area contributed by atoms with E-state index < -0.39 is 28.0 Å². The van der Waals surface area contributed by atoms with Crippen molar-refractivity contribution in [2.45, 2.75) is 38.7 Å². The van der Waals surface area contributed by atoms with Crippen molar-refractivity contribution >= 4 is 27.6 Å². The average Bonchev–Trinajstić information content (AvgIpc) is 2.79. The molecule has 10 heteroatoms. The largest absolute Gasteiger partial charge is 0.497 e. The highest BCUT2D eigenvalue weighted by atomic mass is 32.2. The van der Waals surface area contributed by atoms with E-state index in [2.05, 4.69) is 5.32 Å². The van der Waals surface area contributed by atoms with Gasteiger partial charge in [0.2, 0.25) is 10.0 Å². The van der Waals surface area contributed by atoms with Crippen molar-refractivity contribution in [1.29, 1.82) is 0 Å². The summed E-state index contributed by atoms with van der Waals surface area (Å²) in [6, 6.07) is 9.16.